The van der Waals surface area contributed by atoms with Crippen LogP contribution in [0.1, 0.15) is 5.56 Å². The molecule has 2 rings (SSSR count). The summed E-state index contributed by atoms with van der Waals surface area (Å²) in [5.41, 5.74) is 14.3. The zero-order chi connectivity index (χ0) is 17.7. The molecule has 0 unspecified atom stereocenters. The molecule has 0 radical (unpaired) electrons. The fraction of sp³-hybridized carbons (Fsp3) is 0.0588. The van der Waals surface area contributed by atoms with Crippen LogP contribution in [0.2, 0.25) is 5.02 Å². The van der Waals surface area contributed by atoms with Gasteiger partial charge < -0.3 is 22.1 Å². The lowest BCUT2D eigenvalue weighted by atomic mass is 10.2. The third kappa shape index (κ3) is 4.18. The minimum atomic E-state index is -0.572. The van der Waals surface area contributed by atoms with Gasteiger partial charge in [0.2, 0.25) is 0 Å². The Bertz CT molecular complexity index is 855. The fourth-order valence-electron chi connectivity index (χ4n) is 1.90. The Labute approximate surface area is 144 Å². The second kappa shape index (κ2) is 7.40. The molecular formula is C17H16ClN5O. The van der Waals surface area contributed by atoms with Crippen LogP contribution in [0.5, 0.6) is 0 Å². The first-order chi connectivity index (χ1) is 11.4. The Morgan fingerprint density at radius 3 is 2.58 bits per heavy atom. The Balaban J connectivity index is 2.15. The number of carbonyl (C=O) groups excluding carboxylic acids is 1. The van der Waals surface area contributed by atoms with Crippen LogP contribution >= 0.6 is 11.6 Å². The van der Waals surface area contributed by atoms with Gasteiger partial charge in [0, 0.05) is 11.9 Å². The Hall–Kier alpha value is -3.17. The average Bonchev–Trinajstić information content (AvgIpc) is 2.54. The molecule has 7 heteroatoms. The van der Waals surface area contributed by atoms with Crippen molar-refractivity contribution >= 4 is 40.3 Å². The van der Waals surface area contributed by atoms with Crippen LogP contribution in [-0.4, -0.2) is 5.91 Å². The summed E-state index contributed by atoms with van der Waals surface area (Å²) in [4.78, 5) is 12.2. The van der Waals surface area contributed by atoms with Gasteiger partial charge in [-0.1, -0.05) is 17.7 Å². The highest BCUT2D eigenvalue weighted by atomic mass is 35.5. The zero-order valence-corrected chi connectivity index (χ0v) is 13.7. The Kier molecular flexibility index (Phi) is 5.30. The molecule has 0 atom stereocenters. The van der Waals surface area contributed by atoms with Gasteiger partial charge in [-0.05, 0) is 42.8 Å². The average molecular weight is 342 g/mol. The first-order valence-corrected chi connectivity index (χ1v) is 7.38. The van der Waals surface area contributed by atoms with Gasteiger partial charge in [0.15, 0.2) is 0 Å². The number of amides is 1. The molecule has 0 bridgehead atoms. The SMILES string of the molecule is Cc1ccc(N)c(N/C=C(/C#N)C(=O)Nc2ccc(N)c(Cl)c2)c1. The van der Waals surface area contributed by atoms with E-state index >= 15 is 0 Å². The minimum absolute atomic E-state index is 0.108. The van der Waals surface area contributed by atoms with E-state index in [9.17, 15) is 10.1 Å². The van der Waals surface area contributed by atoms with Gasteiger partial charge in [0.05, 0.1) is 22.1 Å². The molecule has 1 amide bonds. The van der Waals surface area contributed by atoms with Gasteiger partial charge in [-0.15, -0.1) is 0 Å². The quantitative estimate of drug-likeness (QED) is 0.387. The van der Waals surface area contributed by atoms with Gasteiger partial charge in [-0.3, -0.25) is 4.79 Å². The van der Waals surface area contributed by atoms with Crippen LogP contribution in [0.4, 0.5) is 22.7 Å². The molecule has 0 aliphatic heterocycles. The van der Waals surface area contributed by atoms with Gasteiger partial charge in [0.1, 0.15) is 11.6 Å². The Morgan fingerprint density at radius 2 is 1.92 bits per heavy atom. The molecule has 122 valence electrons. The summed E-state index contributed by atoms with van der Waals surface area (Å²) in [5, 5.41) is 15.0. The van der Waals surface area contributed by atoms with Crippen LogP contribution in [0, 0.1) is 18.3 Å². The van der Waals surface area contributed by atoms with E-state index in [4.69, 9.17) is 23.1 Å². The number of hydrogen-bond acceptors (Lipinski definition) is 5. The molecule has 2 aromatic rings. The van der Waals surface area contributed by atoms with Crippen molar-refractivity contribution in [2.75, 3.05) is 22.1 Å². The van der Waals surface area contributed by atoms with E-state index in [-0.39, 0.29) is 5.57 Å². The van der Waals surface area contributed by atoms with E-state index in [1.807, 2.05) is 25.1 Å². The summed E-state index contributed by atoms with van der Waals surface area (Å²) in [6.45, 7) is 1.91. The van der Waals surface area contributed by atoms with Crippen LogP contribution in [0.3, 0.4) is 0 Å². The molecule has 6 nitrogen and oxygen atoms in total. The highest BCUT2D eigenvalue weighted by Crippen LogP contribution is 2.23. The summed E-state index contributed by atoms with van der Waals surface area (Å²) >= 11 is 5.90. The van der Waals surface area contributed by atoms with Crippen molar-refractivity contribution in [3.8, 4) is 6.07 Å². The van der Waals surface area contributed by atoms with E-state index in [0.717, 1.165) is 5.56 Å². The number of nitrogens with zero attached hydrogens (tertiary/aromatic N) is 1. The number of nitrogens with two attached hydrogens (primary N) is 2. The van der Waals surface area contributed by atoms with Gasteiger partial charge >= 0.3 is 0 Å². The highest BCUT2D eigenvalue weighted by Gasteiger charge is 2.10. The third-order valence-corrected chi connectivity index (χ3v) is 3.53. The largest absolute Gasteiger partial charge is 0.398 e. The third-order valence-electron chi connectivity index (χ3n) is 3.20. The molecule has 0 aromatic heterocycles. The fourth-order valence-corrected chi connectivity index (χ4v) is 2.08. The number of halogens is 1. The summed E-state index contributed by atoms with van der Waals surface area (Å²) in [7, 11) is 0. The summed E-state index contributed by atoms with van der Waals surface area (Å²) in [5.74, 6) is -0.572. The van der Waals surface area contributed by atoms with Crippen LogP contribution in [0.25, 0.3) is 0 Å². The van der Waals surface area contributed by atoms with Crippen molar-refractivity contribution in [2.24, 2.45) is 0 Å². The highest BCUT2D eigenvalue weighted by molar-refractivity contribution is 6.33. The number of rotatable bonds is 4. The molecule has 0 saturated heterocycles. The van der Waals surface area contributed by atoms with Crippen molar-refractivity contribution in [3.63, 3.8) is 0 Å². The lowest BCUT2D eigenvalue weighted by Gasteiger charge is -2.08. The molecule has 0 aliphatic carbocycles. The summed E-state index contributed by atoms with van der Waals surface area (Å²) < 4.78 is 0. The van der Waals surface area contributed by atoms with E-state index in [0.29, 0.717) is 27.8 Å². The summed E-state index contributed by atoms with van der Waals surface area (Å²) in [6, 6.07) is 11.9. The smallest absolute Gasteiger partial charge is 0.267 e. The first-order valence-electron chi connectivity index (χ1n) is 7.00. The van der Waals surface area contributed by atoms with Gasteiger partial charge in [-0.2, -0.15) is 5.26 Å². The minimum Gasteiger partial charge on any atom is -0.398 e. The predicted octanol–water partition coefficient (Wildman–Crippen LogP) is 3.27. The molecule has 6 N–H and O–H groups in total. The van der Waals surface area contributed by atoms with E-state index in [2.05, 4.69) is 10.6 Å². The van der Waals surface area contributed by atoms with Crippen molar-refractivity contribution in [1.82, 2.24) is 0 Å². The van der Waals surface area contributed by atoms with E-state index in [1.54, 1.807) is 18.2 Å². The molecular weight excluding hydrogens is 326 g/mol. The van der Waals surface area contributed by atoms with Crippen molar-refractivity contribution in [2.45, 2.75) is 6.92 Å². The predicted molar refractivity (Wildman–Crippen MR) is 97.4 cm³/mol. The molecule has 24 heavy (non-hydrogen) atoms. The number of nitriles is 1. The number of anilines is 4. The first kappa shape index (κ1) is 17.2. The number of carbonyl (C=O) groups is 1. The molecule has 2 aromatic carbocycles. The monoisotopic (exact) mass is 341 g/mol. The van der Waals surface area contributed by atoms with Gasteiger partial charge in [0.25, 0.3) is 5.91 Å². The van der Waals surface area contributed by atoms with Crippen molar-refractivity contribution in [3.05, 3.63) is 58.8 Å². The van der Waals surface area contributed by atoms with E-state index in [1.165, 1.54) is 12.3 Å². The maximum Gasteiger partial charge on any atom is 0.267 e. The molecule has 0 fully saturated rings. The number of hydrogen-bond donors (Lipinski definition) is 4. The van der Waals surface area contributed by atoms with Crippen LogP contribution in [-0.2, 0) is 4.79 Å². The number of aryl methyl sites for hydroxylation is 1. The molecule has 0 aliphatic rings. The molecule has 0 spiro atoms. The van der Waals surface area contributed by atoms with Crippen molar-refractivity contribution in [1.29, 1.82) is 5.26 Å². The van der Waals surface area contributed by atoms with Crippen LogP contribution < -0.4 is 22.1 Å². The van der Waals surface area contributed by atoms with Gasteiger partial charge in [-0.25, -0.2) is 0 Å². The summed E-state index contributed by atoms with van der Waals surface area (Å²) in [6.07, 6.45) is 1.30. The zero-order valence-electron chi connectivity index (χ0n) is 12.9. The lowest BCUT2D eigenvalue weighted by molar-refractivity contribution is -0.112. The van der Waals surface area contributed by atoms with E-state index < -0.39 is 5.91 Å². The van der Waals surface area contributed by atoms with Crippen LogP contribution in [0.15, 0.2) is 48.2 Å². The number of nitrogens with one attached hydrogen (secondary N) is 2. The number of benzene rings is 2. The number of nitrogen functional groups attached to an aromatic ring is 2. The normalized spacial score (nSPS) is 10.8. The van der Waals surface area contributed by atoms with Crippen molar-refractivity contribution < 1.29 is 4.79 Å². The second-order valence-electron chi connectivity index (χ2n) is 5.10. The topological polar surface area (TPSA) is 117 Å². The maximum absolute atomic E-state index is 12.2. The lowest BCUT2D eigenvalue weighted by Crippen LogP contribution is -2.14. The standard InChI is InChI=1S/C17H16ClN5O/c1-10-2-4-15(21)16(6-10)22-9-11(8-19)17(24)23-12-3-5-14(20)13(18)7-12/h2-7,9,22H,20-21H2,1H3,(H,23,24)/b11-9-. The maximum atomic E-state index is 12.2. The molecule has 0 heterocycles. The second-order valence-corrected chi connectivity index (χ2v) is 5.50. The Morgan fingerprint density at radius 1 is 1.21 bits per heavy atom. The molecule has 0 saturated carbocycles.